The van der Waals surface area contributed by atoms with Crippen LogP contribution in [0, 0.1) is 0 Å². The number of hydrogen-bond acceptors (Lipinski definition) is 5. The van der Waals surface area contributed by atoms with Gasteiger partial charge in [0.1, 0.15) is 4.90 Å². The van der Waals surface area contributed by atoms with Gasteiger partial charge in [-0.2, -0.15) is 0 Å². The molecule has 1 aliphatic heterocycles. The lowest BCUT2D eigenvalue weighted by Gasteiger charge is -2.15. The van der Waals surface area contributed by atoms with Gasteiger partial charge < -0.3 is 5.32 Å². The van der Waals surface area contributed by atoms with Crippen molar-refractivity contribution in [2.75, 3.05) is 5.32 Å². The number of rotatable bonds is 8. The molecule has 178 valence electrons. The first-order valence-electron chi connectivity index (χ1n) is 10.7. The maximum atomic E-state index is 13.4. The predicted molar refractivity (Wildman–Crippen MR) is 133 cm³/mol. The van der Waals surface area contributed by atoms with Crippen molar-refractivity contribution in [2.45, 2.75) is 22.9 Å². The van der Waals surface area contributed by atoms with E-state index in [1.54, 1.807) is 60.7 Å². The lowest BCUT2D eigenvalue weighted by molar-refractivity contribution is 0.103. The highest BCUT2D eigenvalue weighted by Gasteiger charge is 2.33. The Kier molecular flexibility index (Phi) is 5.89. The highest BCUT2D eigenvalue weighted by Crippen LogP contribution is 2.41. The van der Waals surface area contributed by atoms with E-state index in [-0.39, 0.29) is 44.9 Å². The van der Waals surface area contributed by atoms with Crippen molar-refractivity contribution >= 4 is 42.4 Å². The standard InChI is InChI=1S/C25H21N3O5S2/c29-25-20-13-7-12-19-21(34(30,31)26-15-17-8-3-1-4-9-17)14-22(24(28-25)23(19)20)35(32,33)27-16-18-10-5-2-6-11-18/h1-14,26-27H,15-16H2,(H,28,29). The molecule has 8 nitrogen and oxygen atoms in total. The first kappa shape index (κ1) is 23.2. The summed E-state index contributed by atoms with van der Waals surface area (Å²) < 4.78 is 58.5. The number of carbonyl (C=O) groups is 1. The average Bonchev–Trinajstić information content (AvgIpc) is 3.20. The van der Waals surface area contributed by atoms with Crippen molar-refractivity contribution in [1.29, 1.82) is 0 Å². The van der Waals surface area contributed by atoms with Crippen LogP contribution in [-0.2, 0) is 33.1 Å². The molecule has 1 aliphatic rings. The summed E-state index contributed by atoms with van der Waals surface area (Å²) in [4.78, 5) is 12.1. The second-order valence-electron chi connectivity index (χ2n) is 8.05. The summed E-state index contributed by atoms with van der Waals surface area (Å²) in [7, 11) is -8.33. The quantitative estimate of drug-likeness (QED) is 0.338. The van der Waals surface area contributed by atoms with Crippen molar-refractivity contribution in [3.05, 3.63) is 102 Å². The van der Waals surface area contributed by atoms with E-state index in [0.29, 0.717) is 0 Å². The predicted octanol–water partition coefficient (Wildman–Crippen LogP) is 3.36. The Labute approximate surface area is 203 Å². The van der Waals surface area contributed by atoms with E-state index in [9.17, 15) is 21.6 Å². The Bertz CT molecular complexity index is 1650. The van der Waals surface area contributed by atoms with Crippen LogP contribution in [-0.4, -0.2) is 22.7 Å². The second-order valence-corrected chi connectivity index (χ2v) is 11.5. The maximum Gasteiger partial charge on any atom is 0.256 e. The number of sulfonamides is 2. The van der Waals surface area contributed by atoms with Gasteiger partial charge in [0.2, 0.25) is 20.0 Å². The summed E-state index contributed by atoms with van der Waals surface area (Å²) in [6, 6.07) is 23.7. The Morgan fingerprint density at radius 1 is 0.657 bits per heavy atom. The molecular weight excluding hydrogens is 486 g/mol. The fraction of sp³-hybridized carbons (Fsp3) is 0.0800. The second kappa shape index (κ2) is 8.90. The zero-order valence-corrected chi connectivity index (χ0v) is 20.0. The minimum absolute atomic E-state index is 0.00455. The smallest absolute Gasteiger partial charge is 0.256 e. The topological polar surface area (TPSA) is 121 Å². The molecule has 3 N–H and O–H groups in total. The van der Waals surface area contributed by atoms with E-state index < -0.39 is 26.0 Å². The monoisotopic (exact) mass is 507 g/mol. The number of carbonyl (C=O) groups excluding carboxylic acids is 1. The maximum absolute atomic E-state index is 13.4. The molecule has 0 radical (unpaired) electrons. The highest BCUT2D eigenvalue weighted by molar-refractivity contribution is 7.90. The summed E-state index contributed by atoms with van der Waals surface area (Å²) >= 11 is 0. The molecule has 4 aromatic rings. The van der Waals surface area contributed by atoms with Crippen LogP contribution < -0.4 is 14.8 Å². The molecule has 0 fully saturated rings. The van der Waals surface area contributed by atoms with Gasteiger partial charge in [-0.25, -0.2) is 26.3 Å². The molecule has 5 rings (SSSR count). The summed E-state index contributed by atoms with van der Waals surface area (Å²) in [6.45, 7) is 0.0300. The van der Waals surface area contributed by atoms with Gasteiger partial charge in [-0.05, 0) is 23.3 Å². The van der Waals surface area contributed by atoms with Gasteiger partial charge in [-0.15, -0.1) is 0 Å². The third kappa shape index (κ3) is 4.44. The van der Waals surface area contributed by atoms with E-state index in [2.05, 4.69) is 14.8 Å². The normalized spacial score (nSPS) is 13.2. The van der Waals surface area contributed by atoms with E-state index in [0.717, 1.165) is 17.2 Å². The zero-order chi connectivity index (χ0) is 24.6. The summed E-state index contributed by atoms with van der Waals surface area (Å²) in [6.07, 6.45) is 0. The number of hydrogen-bond donors (Lipinski definition) is 3. The van der Waals surface area contributed by atoms with Crippen molar-refractivity contribution in [3.8, 4) is 0 Å². The number of benzene rings is 4. The SMILES string of the molecule is O=C1Nc2c(S(=O)(=O)NCc3ccccc3)cc(S(=O)(=O)NCc3ccccc3)c3cccc1c23. The van der Waals surface area contributed by atoms with E-state index in [1.807, 2.05) is 12.1 Å². The van der Waals surface area contributed by atoms with Crippen LogP contribution >= 0.6 is 0 Å². The molecule has 1 amide bonds. The van der Waals surface area contributed by atoms with Crippen molar-refractivity contribution in [3.63, 3.8) is 0 Å². The van der Waals surface area contributed by atoms with Crippen molar-refractivity contribution in [1.82, 2.24) is 9.44 Å². The van der Waals surface area contributed by atoms with E-state index >= 15 is 0 Å². The lowest BCUT2D eigenvalue weighted by atomic mass is 10.1. The van der Waals surface area contributed by atoms with Gasteiger partial charge in [0, 0.05) is 29.4 Å². The highest BCUT2D eigenvalue weighted by atomic mass is 32.2. The Hall–Kier alpha value is -3.57. The molecule has 0 spiro atoms. The molecule has 4 aromatic carbocycles. The third-order valence-electron chi connectivity index (χ3n) is 5.77. The average molecular weight is 508 g/mol. The first-order valence-corrected chi connectivity index (χ1v) is 13.7. The molecule has 0 aromatic heterocycles. The van der Waals surface area contributed by atoms with Crippen LogP contribution in [0.5, 0.6) is 0 Å². The minimum atomic E-state index is -4.19. The van der Waals surface area contributed by atoms with Crippen LogP contribution in [0.1, 0.15) is 21.5 Å². The van der Waals surface area contributed by atoms with Crippen LogP contribution in [0.3, 0.4) is 0 Å². The van der Waals surface area contributed by atoms with Crippen molar-refractivity contribution in [2.24, 2.45) is 0 Å². The van der Waals surface area contributed by atoms with Crippen LogP contribution in [0.15, 0.2) is 94.7 Å². The number of amides is 1. The molecule has 0 saturated heterocycles. The Morgan fingerprint density at radius 2 is 1.20 bits per heavy atom. The molecule has 0 unspecified atom stereocenters. The molecule has 35 heavy (non-hydrogen) atoms. The molecule has 0 bridgehead atoms. The molecular formula is C25H21N3O5S2. The third-order valence-corrected chi connectivity index (χ3v) is 8.64. The van der Waals surface area contributed by atoms with Gasteiger partial charge in [-0.1, -0.05) is 72.8 Å². The Morgan fingerprint density at radius 3 is 1.77 bits per heavy atom. The summed E-state index contributed by atoms with van der Waals surface area (Å²) in [5, 5.41) is 3.13. The van der Waals surface area contributed by atoms with Crippen LogP contribution in [0.25, 0.3) is 10.8 Å². The molecule has 0 aliphatic carbocycles. The van der Waals surface area contributed by atoms with E-state index in [4.69, 9.17) is 0 Å². The molecule has 1 heterocycles. The molecule has 0 saturated carbocycles. The summed E-state index contributed by atoms with van der Waals surface area (Å²) in [5.41, 5.74) is 1.77. The van der Waals surface area contributed by atoms with Gasteiger partial charge in [-0.3, -0.25) is 4.79 Å². The van der Waals surface area contributed by atoms with E-state index in [1.165, 1.54) is 6.07 Å². The van der Waals surface area contributed by atoms with Gasteiger partial charge in [0.05, 0.1) is 10.6 Å². The fourth-order valence-corrected chi connectivity index (χ4v) is 6.58. The van der Waals surface area contributed by atoms with Crippen LogP contribution in [0.4, 0.5) is 5.69 Å². The van der Waals surface area contributed by atoms with Gasteiger partial charge >= 0.3 is 0 Å². The lowest BCUT2D eigenvalue weighted by Crippen LogP contribution is -2.26. The molecule has 10 heteroatoms. The first-order chi connectivity index (χ1) is 16.8. The fourth-order valence-electron chi connectivity index (χ4n) is 4.05. The zero-order valence-electron chi connectivity index (χ0n) is 18.4. The van der Waals surface area contributed by atoms with Crippen molar-refractivity contribution < 1.29 is 21.6 Å². The number of anilines is 1. The number of nitrogens with one attached hydrogen (secondary N) is 3. The van der Waals surface area contributed by atoms with Crippen LogP contribution in [0.2, 0.25) is 0 Å². The van der Waals surface area contributed by atoms with Gasteiger partial charge in [0.15, 0.2) is 0 Å². The Balaban J connectivity index is 1.61. The molecule has 0 atom stereocenters. The largest absolute Gasteiger partial charge is 0.320 e. The minimum Gasteiger partial charge on any atom is -0.320 e. The van der Waals surface area contributed by atoms with Gasteiger partial charge in [0.25, 0.3) is 5.91 Å². The summed E-state index contributed by atoms with van der Waals surface area (Å²) in [5.74, 6) is -0.489.